The molecule has 0 aromatic carbocycles. The maximum Gasteiger partial charge on any atom is 0.321 e. The van der Waals surface area contributed by atoms with Gasteiger partial charge in [0, 0.05) is 13.6 Å². The average Bonchev–Trinajstić information content (AvgIpc) is 3.06. The largest absolute Gasteiger partial charge is 0.338 e. The fourth-order valence-electron chi connectivity index (χ4n) is 1.56. The number of urea groups is 1. The number of hydrogen-bond donors (Lipinski definition) is 2. The zero-order valence-corrected chi connectivity index (χ0v) is 13.3. The lowest BCUT2D eigenvalue weighted by Gasteiger charge is -2.04. The number of nitrogens with one attached hydrogen (secondary N) is 2. The van der Waals surface area contributed by atoms with E-state index in [1.54, 1.807) is 18.3 Å². The van der Waals surface area contributed by atoms with Gasteiger partial charge in [-0.25, -0.2) is 4.79 Å². The number of amides is 3. The van der Waals surface area contributed by atoms with Crippen molar-refractivity contribution >= 4 is 35.0 Å². The lowest BCUT2D eigenvalue weighted by Crippen LogP contribution is -2.40. The summed E-state index contributed by atoms with van der Waals surface area (Å²) in [5, 5.41) is 15.5. The van der Waals surface area contributed by atoms with Crippen LogP contribution in [0.2, 0.25) is 0 Å². The maximum absolute atomic E-state index is 11.6. The van der Waals surface area contributed by atoms with Crippen LogP contribution in [0, 0.1) is 0 Å². The van der Waals surface area contributed by atoms with Crippen molar-refractivity contribution < 1.29 is 9.59 Å². The highest BCUT2D eigenvalue weighted by atomic mass is 32.2. The second-order valence-electron chi connectivity index (χ2n) is 4.04. The van der Waals surface area contributed by atoms with Crippen LogP contribution in [0.3, 0.4) is 0 Å². The zero-order chi connectivity index (χ0) is 15.2. The van der Waals surface area contributed by atoms with Gasteiger partial charge in [0.05, 0.1) is 10.6 Å². The topological polar surface area (TPSA) is 88.9 Å². The molecule has 21 heavy (non-hydrogen) atoms. The fraction of sp³-hybridized carbons (Fsp3) is 0.333. The van der Waals surface area contributed by atoms with Crippen molar-refractivity contribution in [2.45, 2.75) is 12.1 Å². The maximum atomic E-state index is 11.6. The first-order valence-electron chi connectivity index (χ1n) is 6.25. The SMILES string of the molecule is CCNC(=O)NC(=O)CSc1nnc(-c2cccs2)n1C. The van der Waals surface area contributed by atoms with Gasteiger partial charge in [-0.3, -0.25) is 10.1 Å². The van der Waals surface area contributed by atoms with Crippen molar-refractivity contribution in [1.82, 2.24) is 25.4 Å². The molecule has 0 atom stereocenters. The van der Waals surface area contributed by atoms with Gasteiger partial charge in [-0.1, -0.05) is 17.8 Å². The summed E-state index contributed by atoms with van der Waals surface area (Å²) in [5.41, 5.74) is 0. The molecule has 0 spiro atoms. The third-order valence-corrected chi connectivity index (χ3v) is 4.39. The van der Waals surface area contributed by atoms with E-state index < -0.39 is 6.03 Å². The van der Waals surface area contributed by atoms with Crippen molar-refractivity contribution in [3.8, 4) is 10.7 Å². The Bertz CT molecular complexity index is 624. The van der Waals surface area contributed by atoms with E-state index in [1.165, 1.54) is 11.8 Å². The molecule has 0 fully saturated rings. The molecule has 7 nitrogen and oxygen atoms in total. The highest BCUT2D eigenvalue weighted by molar-refractivity contribution is 7.99. The highest BCUT2D eigenvalue weighted by Gasteiger charge is 2.14. The highest BCUT2D eigenvalue weighted by Crippen LogP contribution is 2.25. The Morgan fingerprint density at radius 3 is 2.90 bits per heavy atom. The van der Waals surface area contributed by atoms with Gasteiger partial charge in [0.25, 0.3) is 0 Å². The lowest BCUT2D eigenvalue weighted by atomic mass is 10.4. The summed E-state index contributed by atoms with van der Waals surface area (Å²) >= 11 is 2.81. The molecule has 0 aliphatic carbocycles. The zero-order valence-electron chi connectivity index (χ0n) is 11.6. The second-order valence-corrected chi connectivity index (χ2v) is 5.93. The van der Waals surface area contributed by atoms with Crippen LogP contribution in [-0.2, 0) is 11.8 Å². The number of thioether (sulfide) groups is 1. The molecule has 0 bridgehead atoms. The van der Waals surface area contributed by atoms with Gasteiger partial charge in [-0.05, 0) is 18.4 Å². The monoisotopic (exact) mass is 325 g/mol. The lowest BCUT2D eigenvalue weighted by molar-refractivity contribution is -0.117. The molecule has 0 aliphatic rings. The first-order valence-corrected chi connectivity index (χ1v) is 8.12. The average molecular weight is 325 g/mol. The minimum absolute atomic E-state index is 0.105. The molecule has 2 N–H and O–H groups in total. The molecule has 3 amide bonds. The molecule has 0 unspecified atom stereocenters. The number of thiophene rings is 1. The standard InChI is InChI=1S/C12H15N5O2S2/c1-3-13-11(19)14-9(18)7-21-12-16-15-10(17(12)2)8-5-4-6-20-8/h4-6H,3,7H2,1-2H3,(H2,13,14,18,19). The minimum Gasteiger partial charge on any atom is -0.338 e. The van der Waals surface area contributed by atoms with E-state index in [2.05, 4.69) is 20.8 Å². The Morgan fingerprint density at radius 2 is 2.24 bits per heavy atom. The van der Waals surface area contributed by atoms with Crippen LogP contribution in [-0.4, -0.2) is 39.0 Å². The normalized spacial score (nSPS) is 10.4. The number of rotatable bonds is 5. The number of hydrogen-bond acceptors (Lipinski definition) is 6. The first-order chi connectivity index (χ1) is 10.1. The van der Waals surface area contributed by atoms with E-state index in [1.807, 2.05) is 29.1 Å². The molecule has 9 heteroatoms. The molecular weight excluding hydrogens is 310 g/mol. The summed E-state index contributed by atoms with van der Waals surface area (Å²) in [5.74, 6) is 0.497. The van der Waals surface area contributed by atoms with Crippen LogP contribution in [0.1, 0.15) is 6.92 Å². The summed E-state index contributed by atoms with van der Waals surface area (Å²) in [7, 11) is 1.85. The summed E-state index contributed by atoms with van der Waals surface area (Å²) in [6.45, 7) is 2.25. The van der Waals surface area contributed by atoms with Crippen LogP contribution < -0.4 is 10.6 Å². The Morgan fingerprint density at radius 1 is 1.43 bits per heavy atom. The molecule has 0 saturated heterocycles. The van der Waals surface area contributed by atoms with E-state index in [9.17, 15) is 9.59 Å². The molecule has 2 aromatic rings. The molecule has 0 radical (unpaired) electrons. The van der Waals surface area contributed by atoms with Gasteiger partial charge in [-0.2, -0.15) is 0 Å². The smallest absolute Gasteiger partial charge is 0.321 e. The van der Waals surface area contributed by atoms with Gasteiger partial charge in [-0.15, -0.1) is 21.5 Å². The summed E-state index contributed by atoms with van der Waals surface area (Å²) in [6.07, 6.45) is 0. The third kappa shape index (κ3) is 4.05. The van der Waals surface area contributed by atoms with Gasteiger partial charge in [0.15, 0.2) is 11.0 Å². The number of imide groups is 1. The third-order valence-electron chi connectivity index (χ3n) is 2.50. The van der Waals surface area contributed by atoms with Crippen molar-refractivity contribution in [2.75, 3.05) is 12.3 Å². The van der Waals surface area contributed by atoms with Crippen molar-refractivity contribution in [3.05, 3.63) is 17.5 Å². The number of aromatic nitrogens is 3. The van der Waals surface area contributed by atoms with E-state index >= 15 is 0 Å². The van der Waals surface area contributed by atoms with Crippen LogP contribution in [0.4, 0.5) is 4.79 Å². The molecule has 2 aromatic heterocycles. The van der Waals surface area contributed by atoms with Crippen LogP contribution in [0.5, 0.6) is 0 Å². The number of carbonyl (C=O) groups is 2. The summed E-state index contributed by atoms with van der Waals surface area (Å²) in [4.78, 5) is 23.8. The Labute approximate surface area is 130 Å². The summed E-state index contributed by atoms with van der Waals surface area (Å²) in [6, 6.07) is 3.42. The number of nitrogens with zero attached hydrogens (tertiary/aromatic N) is 3. The van der Waals surface area contributed by atoms with E-state index in [-0.39, 0.29) is 11.7 Å². The predicted octanol–water partition coefficient (Wildman–Crippen LogP) is 1.48. The molecule has 2 rings (SSSR count). The van der Waals surface area contributed by atoms with E-state index in [0.29, 0.717) is 11.7 Å². The predicted molar refractivity (Wildman–Crippen MR) is 82.3 cm³/mol. The first kappa shape index (κ1) is 15.5. The summed E-state index contributed by atoms with van der Waals surface area (Å²) < 4.78 is 1.83. The number of carbonyl (C=O) groups excluding carboxylic acids is 2. The molecule has 2 heterocycles. The minimum atomic E-state index is -0.486. The molecule has 0 saturated carbocycles. The van der Waals surface area contributed by atoms with Crippen molar-refractivity contribution in [1.29, 1.82) is 0 Å². The second kappa shape index (κ2) is 7.23. The molecule has 0 aliphatic heterocycles. The van der Waals surface area contributed by atoms with Gasteiger partial charge >= 0.3 is 6.03 Å². The van der Waals surface area contributed by atoms with Crippen LogP contribution in [0.15, 0.2) is 22.7 Å². The van der Waals surface area contributed by atoms with Crippen LogP contribution >= 0.6 is 23.1 Å². The Kier molecular flexibility index (Phi) is 5.34. The molecule has 112 valence electrons. The van der Waals surface area contributed by atoms with Crippen LogP contribution in [0.25, 0.3) is 10.7 Å². The van der Waals surface area contributed by atoms with Crippen molar-refractivity contribution in [2.24, 2.45) is 7.05 Å². The fourth-order valence-corrected chi connectivity index (χ4v) is 3.01. The van der Waals surface area contributed by atoms with Gasteiger partial charge in [0.1, 0.15) is 0 Å². The molecular formula is C12H15N5O2S2. The van der Waals surface area contributed by atoms with E-state index in [4.69, 9.17) is 0 Å². The Hall–Kier alpha value is -1.87. The van der Waals surface area contributed by atoms with Crippen molar-refractivity contribution in [3.63, 3.8) is 0 Å². The van der Waals surface area contributed by atoms with Gasteiger partial charge < -0.3 is 9.88 Å². The van der Waals surface area contributed by atoms with E-state index in [0.717, 1.165) is 10.7 Å². The van der Waals surface area contributed by atoms with Gasteiger partial charge in [0.2, 0.25) is 5.91 Å². The quantitative estimate of drug-likeness (QED) is 0.813. The Balaban J connectivity index is 1.92.